The molecule has 0 radical (unpaired) electrons. The van der Waals surface area contributed by atoms with Crippen LogP contribution < -0.4 is 16.4 Å². The zero-order valence-electron chi connectivity index (χ0n) is 13.5. The Kier molecular flexibility index (Phi) is 7.84. The minimum atomic E-state index is -0.619. The van der Waals surface area contributed by atoms with E-state index in [4.69, 9.17) is 5.73 Å². The van der Waals surface area contributed by atoms with Crippen molar-refractivity contribution < 1.29 is 9.59 Å². The molecule has 0 aliphatic rings. The van der Waals surface area contributed by atoms with Crippen molar-refractivity contribution in [1.29, 1.82) is 0 Å². The van der Waals surface area contributed by atoms with Crippen LogP contribution in [0.1, 0.15) is 13.8 Å². The Morgan fingerprint density at radius 2 is 1.92 bits per heavy atom. The molecule has 4 N–H and O–H groups in total. The van der Waals surface area contributed by atoms with Gasteiger partial charge >= 0.3 is 0 Å². The van der Waals surface area contributed by atoms with Crippen molar-refractivity contribution in [3.63, 3.8) is 0 Å². The first-order valence-corrected chi connectivity index (χ1v) is 8.19. The first kappa shape index (κ1) is 20.1. The van der Waals surface area contributed by atoms with Crippen LogP contribution in [0.15, 0.2) is 35.8 Å². The zero-order chi connectivity index (χ0) is 16.8. The summed E-state index contributed by atoms with van der Waals surface area (Å²) in [5, 5.41) is 5.97. The van der Waals surface area contributed by atoms with Crippen molar-refractivity contribution in [2.75, 3.05) is 11.9 Å². The number of halogens is 1. The van der Waals surface area contributed by atoms with E-state index < -0.39 is 6.04 Å². The molecule has 0 aliphatic carbocycles. The van der Waals surface area contributed by atoms with Crippen LogP contribution >= 0.6 is 23.7 Å². The largest absolute Gasteiger partial charge is 0.346 e. The molecule has 1 aromatic carbocycles. The highest BCUT2D eigenvalue weighted by Gasteiger charge is 2.18. The van der Waals surface area contributed by atoms with E-state index in [1.165, 1.54) is 11.3 Å². The number of anilines is 1. The maximum atomic E-state index is 12.0. The monoisotopic (exact) mass is 368 g/mol. The Bertz CT molecular complexity index is 676. The highest BCUT2D eigenvalue weighted by Crippen LogP contribution is 2.29. The van der Waals surface area contributed by atoms with E-state index >= 15 is 0 Å². The SMILES string of the molecule is CC(C)[C@H](N)C(=O)NCC(=O)Nc1scnc1-c1ccccc1.Cl. The van der Waals surface area contributed by atoms with Crippen LogP contribution in [0, 0.1) is 5.92 Å². The number of hydrogen-bond donors (Lipinski definition) is 3. The number of thiazole rings is 1. The summed E-state index contributed by atoms with van der Waals surface area (Å²) in [4.78, 5) is 28.0. The van der Waals surface area contributed by atoms with Gasteiger partial charge < -0.3 is 16.4 Å². The molecule has 2 rings (SSSR count). The first-order valence-electron chi connectivity index (χ1n) is 7.31. The predicted octanol–water partition coefficient (Wildman–Crippen LogP) is 2.27. The molecule has 0 fully saturated rings. The number of nitrogens with zero attached hydrogens (tertiary/aromatic N) is 1. The van der Waals surface area contributed by atoms with Crippen LogP contribution in [-0.2, 0) is 9.59 Å². The highest BCUT2D eigenvalue weighted by molar-refractivity contribution is 7.14. The summed E-state index contributed by atoms with van der Waals surface area (Å²) in [6.45, 7) is 3.59. The standard InChI is InChI=1S/C16H20N4O2S.ClH/c1-10(2)13(17)15(22)18-8-12(21)20-16-14(19-9-23-16)11-6-4-3-5-7-11;/h3-7,9-10,13H,8,17H2,1-2H3,(H,18,22)(H,20,21);1H/t13-;/m0./s1. The van der Waals surface area contributed by atoms with Gasteiger partial charge in [-0.05, 0) is 5.92 Å². The molecular weight excluding hydrogens is 348 g/mol. The van der Waals surface area contributed by atoms with Crippen LogP contribution in [-0.4, -0.2) is 29.4 Å². The van der Waals surface area contributed by atoms with Gasteiger partial charge in [-0.25, -0.2) is 4.98 Å². The summed E-state index contributed by atoms with van der Waals surface area (Å²) in [7, 11) is 0. The molecule has 130 valence electrons. The third-order valence-electron chi connectivity index (χ3n) is 3.31. The van der Waals surface area contributed by atoms with E-state index in [2.05, 4.69) is 15.6 Å². The number of benzene rings is 1. The van der Waals surface area contributed by atoms with Gasteiger partial charge in [0.05, 0.1) is 18.1 Å². The van der Waals surface area contributed by atoms with Crippen molar-refractivity contribution in [3.8, 4) is 11.3 Å². The number of aromatic nitrogens is 1. The summed E-state index contributed by atoms with van der Waals surface area (Å²) in [6.07, 6.45) is 0. The maximum absolute atomic E-state index is 12.0. The van der Waals surface area contributed by atoms with Gasteiger partial charge in [-0.15, -0.1) is 23.7 Å². The van der Waals surface area contributed by atoms with E-state index in [1.54, 1.807) is 5.51 Å². The second kappa shape index (κ2) is 9.36. The van der Waals surface area contributed by atoms with Crippen molar-refractivity contribution in [3.05, 3.63) is 35.8 Å². The van der Waals surface area contributed by atoms with Crippen molar-refractivity contribution >= 4 is 40.6 Å². The molecular formula is C16H21ClN4O2S. The lowest BCUT2D eigenvalue weighted by Crippen LogP contribution is -2.46. The molecule has 0 saturated heterocycles. The summed E-state index contributed by atoms with van der Waals surface area (Å²) >= 11 is 1.34. The molecule has 0 saturated carbocycles. The average Bonchev–Trinajstić information content (AvgIpc) is 3.00. The van der Waals surface area contributed by atoms with E-state index in [0.29, 0.717) is 10.7 Å². The van der Waals surface area contributed by atoms with Gasteiger partial charge in [-0.3, -0.25) is 9.59 Å². The summed E-state index contributed by atoms with van der Waals surface area (Å²) < 4.78 is 0. The molecule has 0 spiro atoms. The normalized spacial score (nSPS) is 11.5. The van der Waals surface area contributed by atoms with Gasteiger partial charge in [0.2, 0.25) is 11.8 Å². The number of hydrogen-bond acceptors (Lipinski definition) is 5. The predicted molar refractivity (Wildman–Crippen MR) is 99.3 cm³/mol. The molecule has 0 unspecified atom stereocenters. The molecule has 24 heavy (non-hydrogen) atoms. The second-order valence-corrected chi connectivity index (χ2v) is 6.29. The van der Waals surface area contributed by atoms with Crippen LogP contribution in [0.2, 0.25) is 0 Å². The van der Waals surface area contributed by atoms with Crippen LogP contribution in [0.25, 0.3) is 11.3 Å². The van der Waals surface area contributed by atoms with Gasteiger partial charge in [0.15, 0.2) is 0 Å². The summed E-state index contributed by atoms with van der Waals surface area (Å²) in [5.74, 6) is -0.622. The highest BCUT2D eigenvalue weighted by atomic mass is 35.5. The van der Waals surface area contributed by atoms with Crippen LogP contribution in [0.3, 0.4) is 0 Å². The van der Waals surface area contributed by atoms with Crippen LogP contribution in [0.4, 0.5) is 5.00 Å². The maximum Gasteiger partial charge on any atom is 0.244 e. The molecule has 0 bridgehead atoms. The number of amides is 2. The van der Waals surface area contributed by atoms with Crippen molar-refractivity contribution in [1.82, 2.24) is 10.3 Å². The molecule has 1 atom stereocenters. The fourth-order valence-corrected chi connectivity index (χ4v) is 2.61. The van der Waals surface area contributed by atoms with Gasteiger partial charge in [0.1, 0.15) is 10.7 Å². The number of nitrogens with one attached hydrogen (secondary N) is 2. The molecule has 0 aliphatic heterocycles. The Morgan fingerprint density at radius 3 is 2.54 bits per heavy atom. The van der Waals surface area contributed by atoms with Crippen molar-refractivity contribution in [2.24, 2.45) is 11.7 Å². The van der Waals surface area contributed by atoms with E-state index in [-0.39, 0.29) is 36.7 Å². The number of rotatable bonds is 6. The average molecular weight is 369 g/mol. The Balaban J connectivity index is 0.00000288. The molecule has 2 aromatic rings. The van der Waals surface area contributed by atoms with Gasteiger partial charge in [0.25, 0.3) is 0 Å². The zero-order valence-corrected chi connectivity index (χ0v) is 15.1. The van der Waals surface area contributed by atoms with Gasteiger partial charge in [-0.1, -0.05) is 44.2 Å². The molecule has 6 nitrogen and oxygen atoms in total. The molecule has 1 heterocycles. The van der Waals surface area contributed by atoms with Crippen LogP contribution in [0.5, 0.6) is 0 Å². The van der Waals surface area contributed by atoms with Gasteiger partial charge in [-0.2, -0.15) is 0 Å². The molecule has 8 heteroatoms. The van der Waals surface area contributed by atoms with Gasteiger partial charge in [0, 0.05) is 5.56 Å². The lowest BCUT2D eigenvalue weighted by Gasteiger charge is -2.15. The Hall–Kier alpha value is -1.96. The number of nitrogens with two attached hydrogens (primary N) is 1. The smallest absolute Gasteiger partial charge is 0.244 e. The van der Waals surface area contributed by atoms with E-state index in [9.17, 15) is 9.59 Å². The lowest BCUT2D eigenvalue weighted by atomic mass is 10.1. The second-order valence-electron chi connectivity index (χ2n) is 5.43. The quantitative estimate of drug-likeness (QED) is 0.728. The third-order valence-corrected chi connectivity index (χ3v) is 4.05. The molecule has 2 amide bonds. The third kappa shape index (κ3) is 5.30. The Morgan fingerprint density at radius 1 is 1.25 bits per heavy atom. The Labute approximate surface area is 151 Å². The fourth-order valence-electron chi connectivity index (χ4n) is 1.90. The first-order chi connectivity index (χ1) is 11.0. The molecule has 1 aromatic heterocycles. The number of carbonyl (C=O) groups excluding carboxylic acids is 2. The van der Waals surface area contributed by atoms with E-state index in [1.807, 2.05) is 44.2 Å². The fraction of sp³-hybridized carbons (Fsp3) is 0.312. The topological polar surface area (TPSA) is 97.1 Å². The number of carbonyl (C=O) groups is 2. The summed E-state index contributed by atoms with van der Waals surface area (Å²) in [5.41, 5.74) is 9.05. The minimum absolute atomic E-state index is 0. The van der Waals surface area contributed by atoms with E-state index in [0.717, 1.165) is 5.56 Å². The van der Waals surface area contributed by atoms with Crippen molar-refractivity contribution in [2.45, 2.75) is 19.9 Å². The summed E-state index contributed by atoms with van der Waals surface area (Å²) in [6, 6.07) is 8.97. The lowest BCUT2D eigenvalue weighted by molar-refractivity contribution is -0.125. The minimum Gasteiger partial charge on any atom is -0.346 e.